The minimum Gasteiger partial charge on any atom is -0.631 e. The zero-order chi connectivity index (χ0) is 27.8. The first-order valence-corrected chi connectivity index (χ1v) is 15.9. The summed E-state index contributed by atoms with van der Waals surface area (Å²) in [6, 6.07) is 8.84. The van der Waals surface area contributed by atoms with Crippen molar-refractivity contribution in [3.63, 3.8) is 0 Å². The van der Waals surface area contributed by atoms with E-state index in [-0.39, 0.29) is 28.6 Å². The van der Waals surface area contributed by atoms with E-state index in [1.54, 1.807) is 0 Å². The van der Waals surface area contributed by atoms with Gasteiger partial charge in [0.2, 0.25) is 5.91 Å². The Balaban J connectivity index is 1.33. The number of quaternary nitrogens is 1. The Morgan fingerprint density at radius 3 is 2.38 bits per heavy atom. The molecule has 1 amide bonds. The predicted octanol–water partition coefficient (Wildman–Crippen LogP) is 6.47. The van der Waals surface area contributed by atoms with Crippen molar-refractivity contribution in [2.45, 2.75) is 109 Å². The molecule has 5 rings (SSSR count). The molecule has 6 nitrogen and oxygen atoms in total. The van der Waals surface area contributed by atoms with Crippen LogP contribution in [0.5, 0.6) is 0 Å². The van der Waals surface area contributed by atoms with Crippen LogP contribution in [-0.2, 0) is 9.53 Å². The number of amides is 1. The van der Waals surface area contributed by atoms with Crippen molar-refractivity contribution in [2.75, 3.05) is 33.0 Å². The smallest absolute Gasteiger partial charge is 0.226 e. The lowest BCUT2D eigenvalue weighted by atomic mass is 9.63. The fourth-order valence-electron chi connectivity index (χ4n) is 8.32. The number of carbonyl (C=O) groups excluding carboxylic acids is 1. The van der Waals surface area contributed by atoms with Crippen molar-refractivity contribution in [1.29, 1.82) is 0 Å². The molecule has 2 unspecified atom stereocenters. The number of hydroxylamine groups is 3. The van der Waals surface area contributed by atoms with Crippen LogP contribution in [0.3, 0.4) is 0 Å². The van der Waals surface area contributed by atoms with Crippen molar-refractivity contribution in [2.24, 2.45) is 17.3 Å². The lowest BCUT2D eigenvalue weighted by Crippen LogP contribution is -2.62. The maximum Gasteiger partial charge on any atom is 0.226 e. The Morgan fingerprint density at radius 2 is 1.79 bits per heavy atom. The van der Waals surface area contributed by atoms with E-state index in [9.17, 15) is 10.0 Å². The van der Waals surface area contributed by atoms with Gasteiger partial charge in [0.1, 0.15) is 12.1 Å². The van der Waals surface area contributed by atoms with Crippen LogP contribution in [0.4, 0.5) is 0 Å². The monoisotopic (exact) mass is 559 g/mol. The highest BCUT2D eigenvalue weighted by atomic mass is 35.5. The minimum atomic E-state index is -0.414. The van der Waals surface area contributed by atoms with Crippen molar-refractivity contribution in [3.8, 4) is 0 Å². The van der Waals surface area contributed by atoms with Gasteiger partial charge in [-0.05, 0) is 81.9 Å². The molecule has 218 valence electrons. The van der Waals surface area contributed by atoms with Crippen LogP contribution < -0.4 is 5.32 Å². The fraction of sp³-hybridized carbons (Fsp3) is 0.781. The van der Waals surface area contributed by atoms with Crippen LogP contribution in [0.25, 0.3) is 0 Å². The molecule has 4 fully saturated rings. The fourth-order valence-corrected chi connectivity index (χ4v) is 8.44. The molecule has 7 heteroatoms. The molecule has 2 saturated carbocycles. The molecule has 4 atom stereocenters. The predicted molar refractivity (Wildman–Crippen MR) is 157 cm³/mol. The molecule has 2 aliphatic heterocycles. The summed E-state index contributed by atoms with van der Waals surface area (Å²) in [5, 5.41) is 18.6. The highest BCUT2D eigenvalue weighted by Gasteiger charge is 2.53. The molecule has 0 bridgehead atoms. The van der Waals surface area contributed by atoms with Gasteiger partial charge < -0.3 is 24.8 Å². The number of benzene rings is 1. The zero-order valence-corrected chi connectivity index (χ0v) is 25.3. The maximum atomic E-state index is 14.2. The van der Waals surface area contributed by atoms with Crippen LogP contribution in [0.15, 0.2) is 24.3 Å². The molecule has 2 heterocycles. The summed E-state index contributed by atoms with van der Waals surface area (Å²) in [4.78, 5) is 16.3. The van der Waals surface area contributed by atoms with Gasteiger partial charge >= 0.3 is 0 Å². The summed E-state index contributed by atoms with van der Waals surface area (Å²) in [5.41, 5.74) is 0.799. The molecule has 2 saturated heterocycles. The zero-order valence-electron chi connectivity index (χ0n) is 24.6. The SMILES string of the molecule is CC(C)NC1C[C@@H](C(=O)N2CCC(C[N+]3([O-])COCC3(C)C)(C3CCCCC3)CC2)[C@H](c2ccc(Cl)cc2)C1. The summed E-state index contributed by atoms with van der Waals surface area (Å²) < 4.78 is 5.51. The number of likely N-dealkylation sites (tertiary alicyclic amines) is 1. The second-order valence-electron chi connectivity index (χ2n) is 14.1. The number of nitrogens with zero attached hydrogens (tertiary/aromatic N) is 2. The van der Waals surface area contributed by atoms with Gasteiger partial charge in [0.15, 0.2) is 6.73 Å². The van der Waals surface area contributed by atoms with E-state index in [2.05, 4.69) is 50.0 Å². The van der Waals surface area contributed by atoms with Gasteiger partial charge in [0.05, 0.1) is 6.54 Å². The standard InChI is InChI=1S/C32H50ClN3O3/c1-23(2)34-27-18-28(24-10-12-26(33)13-11-24)29(19-27)30(37)35-16-14-32(15-17-35,25-8-6-5-7-9-25)20-36(38)22-39-21-31(36,3)4/h10-13,23,25,27-29,34H,5-9,14-22H2,1-4H3/t27?,28-,29+,36?/m0/s1. The van der Waals surface area contributed by atoms with E-state index < -0.39 is 5.54 Å². The first-order valence-electron chi connectivity index (χ1n) is 15.5. The molecule has 0 radical (unpaired) electrons. The molecule has 2 aliphatic carbocycles. The molecular weight excluding hydrogens is 510 g/mol. The quantitative estimate of drug-likeness (QED) is 0.307. The van der Waals surface area contributed by atoms with E-state index >= 15 is 0 Å². The van der Waals surface area contributed by atoms with Crippen molar-refractivity contribution >= 4 is 17.5 Å². The molecule has 39 heavy (non-hydrogen) atoms. The Morgan fingerprint density at radius 1 is 1.13 bits per heavy atom. The Hall–Kier alpha value is -1.18. The number of ether oxygens (including phenoxy) is 1. The van der Waals surface area contributed by atoms with E-state index in [1.165, 1.54) is 37.7 Å². The molecular formula is C32H50ClN3O3. The van der Waals surface area contributed by atoms with E-state index in [1.807, 2.05) is 12.1 Å². The Labute approximate surface area is 241 Å². The topological polar surface area (TPSA) is 64.6 Å². The molecule has 1 aromatic rings. The van der Waals surface area contributed by atoms with Crippen LogP contribution >= 0.6 is 11.6 Å². The third-order valence-electron chi connectivity index (χ3n) is 10.7. The van der Waals surface area contributed by atoms with Gasteiger partial charge in [-0.1, -0.05) is 56.8 Å². The van der Waals surface area contributed by atoms with Crippen LogP contribution in [0.1, 0.15) is 97.0 Å². The summed E-state index contributed by atoms with van der Waals surface area (Å²) in [6.07, 6.45) is 10.0. The van der Waals surface area contributed by atoms with Gasteiger partial charge in [-0.3, -0.25) is 4.79 Å². The highest BCUT2D eigenvalue weighted by Crippen LogP contribution is 2.50. The summed E-state index contributed by atoms with van der Waals surface area (Å²) in [6.45, 7) is 11.5. The molecule has 1 N–H and O–H groups in total. The van der Waals surface area contributed by atoms with E-state index in [0.717, 1.165) is 43.8 Å². The maximum absolute atomic E-state index is 14.2. The molecule has 4 aliphatic rings. The average molecular weight is 560 g/mol. The van der Waals surface area contributed by atoms with Crippen molar-refractivity contribution in [1.82, 2.24) is 10.2 Å². The third-order valence-corrected chi connectivity index (χ3v) is 11.0. The number of rotatable bonds is 7. The summed E-state index contributed by atoms with van der Waals surface area (Å²) >= 11 is 6.20. The summed E-state index contributed by atoms with van der Waals surface area (Å²) in [5.74, 6) is 1.07. The largest absolute Gasteiger partial charge is 0.631 e. The van der Waals surface area contributed by atoms with Gasteiger partial charge in [-0.15, -0.1) is 0 Å². The van der Waals surface area contributed by atoms with Gasteiger partial charge in [-0.2, -0.15) is 0 Å². The lowest BCUT2D eigenvalue weighted by molar-refractivity contribution is -0.928. The second kappa shape index (κ2) is 11.6. The van der Waals surface area contributed by atoms with Crippen LogP contribution in [-0.4, -0.2) is 66.0 Å². The van der Waals surface area contributed by atoms with Gasteiger partial charge in [0.25, 0.3) is 0 Å². The molecule has 0 aromatic heterocycles. The number of carbonyl (C=O) groups is 1. The third kappa shape index (κ3) is 6.06. The molecule has 0 spiro atoms. The number of hydrogen-bond acceptors (Lipinski definition) is 4. The number of hydrogen-bond donors (Lipinski definition) is 1. The Bertz CT molecular complexity index is 985. The molecule has 1 aromatic carbocycles. The first kappa shape index (κ1) is 29.3. The average Bonchev–Trinajstić information content (AvgIpc) is 3.43. The van der Waals surface area contributed by atoms with E-state index in [0.29, 0.717) is 37.1 Å². The second-order valence-corrected chi connectivity index (χ2v) is 14.6. The number of halogens is 1. The Kier molecular flexibility index (Phi) is 8.72. The van der Waals surface area contributed by atoms with Crippen molar-refractivity contribution in [3.05, 3.63) is 40.1 Å². The normalized spacial score (nSPS) is 33.1. The highest BCUT2D eigenvalue weighted by molar-refractivity contribution is 6.30. The minimum absolute atomic E-state index is 0.00307. The van der Waals surface area contributed by atoms with Crippen LogP contribution in [0, 0.1) is 22.5 Å². The van der Waals surface area contributed by atoms with Crippen molar-refractivity contribution < 1.29 is 14.2 Å². The summed E-state index contributed by atoms with van der Waals surface area (Å²) in [7, 11) is 0. The lowest BCUT2D eigenvalue weighted by Gasteiger charge is -2.56. The number of nitrogens with one attached hydrogen (secondary N) is 1. The van der Waals surface area contributed by atoms with Gasteiger partial charge in [-0.25, -0.2) is 0 Å². The number of piperidine rings is 1. The first-order chi connectivity index (χ1) is 18.5. The van der Waals surface area contributed by atoms with Crippen LogP contribution in [0.2, 0.25) is 5.02 Å². The van der Waals surface area contributed by atoms with E-state index in [4.69, 9.17) is 16.3 Å². The van der Waals surface area contributed by atoms with Gasteiger partial charge in [0, 0.05) is 41.5 Å².